The van der Waals surface area contributed by atoms with Crippen molar-refractivity contribution in [1.82, 2.24) is 15.0 Å². The van der Waals surface area contributed by atoms with Crippen LogP contribution in [-0.4, -0.2) is 27.0 Å². The first-order chi connectivity index (χ1) is 15.3. The Morgan fingerprint density at radius 1 is 1.06 bits per heavy atom. The zero-order valence-electron chi connectivity index (χ0n) is 17.1. The van der Waals surface area contributed by atoms with E-state index in [1.54, 1.807) is 17.0 Å². The molecule has 1 heterocycles. The van der Waals surface area contributed by atoms with Crippen molar-refractivity contribution in [3.8, 4) is 11.4 Å². The zero-order chi connectivity index (χ0) is 22.7. The van der Waals surface area contributed by atoms with E-state index < -0.39 is 11.7 Å². The summed E-state index contributed by atoms with van der Waals surface area (Å²) in [6, 6.07) is 10.8. The summed E-state index contributed by atoms with van der Waals surface area (Å²) in [5, 5.41) is 3.88. The third kappa shape index (κ3) is 5.52. The van der Waals surface area contributed by atoms with Gasteiger partial charge in [-0.2, -0.15) is 18.2 Å². The fourth-order valence-electron chi connectivity index (χ4n) is 3.41. The maximum Gasteiger partial charge on any atom is 0.416 e. The van der Waals surface area contributed by atoms with Crippen LogP contribution in [0.2, 0.25) is 0 Å². The van der Waals surface area contributed by atoms with Crippen LogP contribution in [0.3, 0.4) is 0 Å². The van der Waals surface area contributed by atoms with Gasteiger partial charge >= 0.3 is 6.18 Å². The molecule has 3 aromatic rings. The van der Waals surface area contributed by atoms with Crippen LogP contribution in [0.25, 0.3) is 11.4 Å². The molecule has 0 atom stereocenters. The molecule has 0 saturated heterocycles. The number of rotatable bonds is 8. The van der Waals surface area contributed by atoms with Gasteiger partial charge in [0.05, 0.1) is 5.56 Å². The fourth-order valence-corrected chi connectivity index (χ4v) is 3.41. The average molecular weight is 447 g/mol. The van der Waals surface area contributed by atoms with Crippen molar-refractivity contribution < 1.29 is 26.9 Å². The van der Waals surface area contributed by atoms with Gasteiger partial charge < -0.3 is 9.42 Å². The van der Waals surface area contributed by atoms with E-state index in [4.69, 9.17) is 4.52 Å². The second-order valence-electron chi connectivity index (χ2n) is 7.82. The first-order valence-corrected chi connectivity index (χ1v) is 10.3. The van der Waals surface area contributed by atoms with Gasteiger partial charge in [0, 0.05) is 31.0 Å². The number of nitrogens with zero attached hydrogens (tertiary/aromatic N) is 3. The second kappa shape index (κ2) is 9.10. The number of amides is 1. The van der Waals surface area contributed by atoms with Crippen LogP contribution < -0.4 is 0 Å². The van der Waals surface area contributed by atoms with Gasteiger partial charge in [0.1, 0.15) is 5.82 Å². The number of alkyl halides is 3. The van der Waals surface area contributed by atoms with E-state index in [-0.39, 0.29) is 30.7 Å². The highest BCUT2D eigenvalue weighted by Crippen LogP contribution is 2.31. The van der Waals surface area contributed by atoms with Crippen LogP contribution in [0.5, 0.6) is 0 Å². The quantitative estimate of drug-likeness (QED) is 0.434. The predicted molar refractivity (Wildman–Crippen MR) is 108 cm³/mol. The first kappa shape index (κ1) is 22.0. The number of halogens is 4. The summed E-state index contributed by atoms with van der Waals surface area (Å²) in [7, 11) is 0. The summed E-state index contributed by atoms with van der Waals surface area (Å²) in [4.78, 5) is 18.8. The highest BCUT2D eigenvalue weighted by Gasteiger charge is 2.33. The largest absolute Gasteiger partial charge is 0.416 e. The lowest BCUT2D eigenvalue weighted by Gasteiger charge is -2.23. The van der Waals surface area contributed by atoms with E-state index >= 15 is 0 Å². The zero-order valence-corrected chi connectivity index (χ0v) is 17.1. The second-order valence-corrected chi connectivity index (χ2v) is 7.82. The fraction of sp³-hybridized carbons (Fsp3) is 0.348. The Morgan fingerprint density at radius 2 is 1.75 bits per heavy atom. The lowest BCUT2D eigenvalue weighted by Crippen LogP contribution is -2.32. The molecule has 0 unspecified atom stereocenters. The molecule has 1 fully saturated rings. The van der Waals surface area contributed by atoms with Crippen LogP contribution in [0.15, 0.2) is 53.1 Å². The molecule has 1 saturated carbocycles. The van der Waals surface area contributed by atoms with Crippen LogP contribution in [-0.2, 0) is 23.9 Å². The first-order valence-electron chi connectivity index (χ1n) is 10.3. The van der Waals surface area contributed by atoms with E-state index in [0.717, 1.165) is 25.0 Å². The van der Waals surface area contributed by atoms with Crippen molar-refractivity contribution in [2.45, 2.75) is 50.9 Å². The van der Waals surface area contributed by atoms with E-state index in [9.17, 15) is 22.4 Å². The summed E-state index contributed by atoms with van der Waals surface area (Å²) < 4.78 is 56.5. The summed E-state index contributed by atoms with van der Waals surface area (Å²) in [6.07, 6.45) is -1.39. The summed E-state index contributed by atoms with van der Waals surface area (Å²) in [6.45, 7) is 0.289. The number of aromatic nitrogens is 2. The number of carbonyl (C=O) groups excluding carboxylic acids is 1. The molecule has 1 aliphatic carbocycles. The third-order valence-electron chi connectivity index (χ3n) is 5.29. The maximum atomic E-state index is 13.0. The number of aryl methyl sites for hydroxylation is 1. The van der Waals surface area contributed by atoms with E-state index in [1.807, 2.05) is 0 Å². The summed E-state index contributed by atoms with van der Waals surface area (Å²) in [5.41, 5.74) is 0.595. The smallest absolute Gasteiger partial charge is 0.339 e. The lowest BCUT2D eigenvalue weighted by atomic mass is 10.1. The minimum atomic E-state index is -4.38. The van der Waals surface area contributed by atoms with Gasteiger partial charge in [-0.1, -0.05) is 17.3 Å². The summed E-state index contributed by atoms with van der Waals surface area (Å²) >= 11 is 0. The molecule has 2 aromatic carbocycles. The maximum absolute atomic E-state index is 13.0. The molecule has 1 aliphatic rings. The monoisotopic (exact) mass is 447 g/mol. The Balaban J connectivity index is 1.31. The molecule has 0 spiro atoms. The molecule has 0 N–H and O–H groups in total. The van der Waals surface area contributed by atoms with E-state index in [1.165, 1.54) is 24.3 Å². The Hall–Kier alpha value is -3.23. The molecule has 32 heavy (non-hydrogen) atoms. The van der Waals surface area contributed by atoms with Crippen molar-refractivity contribution in [3.05, 3.63) is 71.4 Å². The SMILES string of the molecule is O=C(CCCc1nc(-c2ccc(F)cc2)no1)N(Cc1ccc(C(F)(F)F)cc1)C1CC1. The molecule has 9 heteroatoms. The molecule has 5 nitrogen and oxygen atoms in total. The molecule has 0 radical (unpaired) electrons. The molecular formula is C23H21F4N3O2. The van der Waals surface area contributed by atoms with Crippen LogP contribution in [0, 0.1) is 5.82 Å². The highest BCUT2D eigenvalue weighted by molar-refractivity contribution is 5.76. The molecule has 168 valence electrons. The average Bonchev–Trinajstić information content (AvgIpc) is 3.50. The highest BCUT2D eigenvalue weighted by atomic mass is 19.4. The van der Waals surface area contributed by atoms with Crippen molar-refractivity contribution in [1.29, 1.82) is 0 Å². The molecule has 0 aliphatic heterocycles. The Bertz CT molecular complexity index is 1060. The topological polar surface area (TPSA) is 59.2 Å². The molecule has 1 amide bonds. The normalized spacial score (nSPS) is 13.9. The third-order valence-corrected chi connectivity index (χ3v) is 5.29. The molecule has 1 aromatic heterocycles. The van der Waals surface area contributed by atoms with E-state index in [0.29, 0.717) is 35.7 Å². The Labute approximate surface area is 182 Å². The van der Waals surface area contributed by atoms with Gasteiger partial charge in [0.25, 0.3) is 0 Å². The van der Waals surface area contributed by atoms with Crippen molar-refractivity contribution in [2.24, 2.45) is 0 Å². The Kier molecular flexibility index (Phi) is 6.25. The molecule has 4 rings (SSSR count). The predicted octanol–water partition coefficient (Wildman–Crippen LogP) is 5.41. The van der Waals surface area contributed by atoms with E-state index in [2.05, 4.69) is 10.1 Å². The van der Waals surface area contributed by atoms with Gasteiger partial charge in [-0.25, -0.2) is 4.39 Å². The minimum Gasteiger partial charge on any atom is -0.339 e. The van der Waals surface area contributed by atoms with Crippen molar-refractivity contribution in [3.63, 3.8) is 0 Å². The van der Waals surface area contributed by atoms with Gasteiger partial charge in [0.15, 0.2) is 0 Å². The van der Waals surface area contributed by atoms with Crippen molar-refractivity contribution >= 4 is 5.91 Å². The van der Waals surface area contributed by atoms with Gasteiger partial charge in [-0.15, -0.1) is 0 Å². The Morgan fingerprint density at radius 3 is 2.38 bits per heavy atom. The van der Waals surface area contributed by atoms with Crippen LogP contribution in [0.1, 0.15) is 42.7 Å². The number of hydrogen-bond donors (Lipinski definition) is 0. The van der Waals surface area contributed by atoms with Crippen LogP contribution in [0.4, 0.5) is 17.6 Å². The van der Waals surface area contributed by atoms with Gasteiger partial charge in [-0.3, -0.25) is 4.79 Å². The van der Waals surface area contributed by atoms with Gasteiger partial charge in [0.2, 0.25) is 17.6 Å². The number of hydrogen-bond acceptors (Lipinski definition) is 4. The lowest BCUT2D eigenvalue weighted by molar-refractivity contribution is -0.137. The summed E-state index contributed by atoms with van der Waals surface area (Å²) in [5.74, 6) is 0.337. The molecule has 0 bridgehead atoms. The number of carbonyl (C=O) groups is 1. The molecular weight excluding hydrogens is 426 g/mol. The van der Waals surface area contributed by atoms with Crippen LogP contribution >= 0.6 is 0 Å². The van der Waals surface area contributed by atoms with Gasteiger partial charge in [-0.05, 0) is 61.2 Å². The number of benzene rings is 2. The van der Waals surface area contributed by atoms with Crippen molar-refractivity contribution in [2.75, 3.05) is 0 Å². The minimum absolute atomic E-state index is 0.0503. The standard InChI is InChI=1S/C23H21F4N3O2/c24-18-10-6-16(7-11-18)22-28-20(32-29-22)2-1-3-21(31)30(19-12-13-19)14-15-4-8-17(9-5-15)23(25,26)27/h4-11,19H,1-3,12-14H2.